The number of nitrogens with zero attached hydrogens (tertiary/aromatic N) is 3. The molecule has 0 aliphatic carbocycles. The summed E-state index contributed by atoms with van der Waals surface area (Å²) in [5.74, 6) is 0.849. The molecule has 0 bridgehead atoms. The predicted octanol–water partition coefficient (Wildman–Crippen LogP) is 2.63. The fourth-order valence-corrected chi connectivity index (χ4v) is 2.61. The van der Waals surface area contributed by atoms with Crippen LogP contribution in [0.1, 0.15) is 52.7 Å². The van der Waals surface area contributed by atoms with Crippen LogP contribution >= 0.6 is 0 Å². The van der Waals surface area contributed by atoms with Gasteiger partial charge >= 0.3 is 5.69 Å². The van der Waals surface area contributed by atoms with Gasteiger partial charge in [0.15, 0.2) is 0 Å². The molecule has 120 valence electrons. The van der Waals surface area contributed by atoms with E-state index < -0.39 is 5.54 Å². The van der Waals surface area contributed by atoms with Crippen molar-refractivity contribution >= 4 is 11.5 Å². The van der Waals surface area contributed by atoms with Crippen LogP contribution in [0.25, 0.3) is 0 Å². The summed E-state index contributed by atoms with van der Waals surface area (Å²) in [5.41, 5.74) is 6.03. The maximum atomic E-state index is 11.4. The number of aryl methyl sites for hydroxylation is 1. The van der Waals surface area contributed by atoms with Crippen molar-refractivity contribution in [3.05, 3.63) is 15.8 Å². The fourth-order valence-electron chi connectivity index (χ4n) is 2.61. The lowest BCUT2D eigenvalue weighted by atomic mass is 9.90. The zero-order chi connectivity index (χ0) is 16.4. The number of rotatable bonds is 7. The summed E-state index contributed by atoms with van der Waals surface area (Å²) >= 11 is 0. The van der Waals surface area contributed by atoms with Crippen molar-refractivity contribution in [1.82, 2.24) is 9.78 Å². The largest absolute Gasteiger partial charge is 0.358 e. The molecule has 21 heavy (non-hydrogen) atoms. The van der Waals surface area contributed by atoms with Gasteiger partial charge in [-0.25, -0.2) is 4.68 Å². The molecule has 1 unspecified atom stereocenters. The van der Waals surface area contributed by atoms with Gasteiger partial charge in [0, 0.05) is 25.0 Å². The number of hydrogen-bond acceptors (Lipinski definition) is 5. The highest BCUT2D eigenvalue weighted by Crippen LogP contribution is 2.35. The van der Waals surface area contributed by atoms with Gasteiger partial charge in [-0.2, -0.15) is 5.10 Å². The average molecular weight is 297 g/mol. The summed E-state index contributed by atoms with van der Waals surface area (Å²) in [6.45, 7) is 10.4. The van der Waals surface area contributed by atoms with Gasteiger partial charge < -0.3 is 11.1 Å². The molecule has 1 aromatic heterocycles. The third-order valence-electron chi connectivity index (χ3n) is 3.51. The van der Waals surface area contributed by atoms with Gasteiger partial charge in [0.1, 0.15) is 5.69 Å². The standard InChI is InChI=1S/C14H27N5O2/c1-9(2)7-14(5,8-15)16-13-12(19(20)21)11(10(3)4)17-18(13)6/h9-10,16H,7-8,15H2,1-6H3. The molecule has 7 nitrogen and oxygen atoms in total. The Morgan fingerprint density at radius 3 is 2.38 bits per heavy atom. The maximum Gasteiger partial charge on any atom is 0.334 e. The Labute approximate surface area is 126 Å². The van der Waals surface area contributed by atoms with Crippen LogP contribution in [0.3, 0.4) is 0 Å². The molecular formula is C14H27N5O2. The first-order valence-electron chi connectivity index (χ1n) is 7.30. The van der Waals surface area contributed by atoms with Gasteiger partial charge in [-0.15, -0.1) is 0 Å². The topological polar surface area (TPSA) is 99.0 Å². The molecule has 0 radical (unpaired) electrons. The Morgan fingerprint density at radius 2 is 2.00 bits per heavy atom. The molecule has 0 amide bonds. The van der Waals surface area contributed by atoms with E-state index in [1.54, 1.807) is 11.7 Å². The Kier molecular flexibility index (Phi) is 5.33. The second kappa shape index (κ2) is 6.43. The first-order chi connectivity index (χ1) is 9.61. The predicted molar refractivity (Wildman–Crippen MR) is 84.5 cm³/mol. The van der Waals surface area contributed by atoms with E-state index in [-0.39, 0.29) is 16.5 Å². The van der Waals surface area contributed by atoms with Gasteiger partial charge in [-0.3, -0.25) is 10.1 Å². The van der Waals surface area contributed by atoms with Gasteiger partial charge in [-0.1, -0.05) is 27.7 Å². The van der Waals surface area contributed by atoms with Crippen LogP contribution in [0.15, 0.2) is 0 Å². The van der Waals surface area contributed by atoms with Gasteiger partial charge in [0.25, 0.3) is 0 Å². The maximum absolute atomic E-state index is 11.4. The molecule has 0 aliphatic rings. The Morgan fingerprint density at radius 1 is 1.43 bits per heavy atom. The summed E-state index contributed by atoms with van der Waals surface area (Å²) in [6, 6.07) is 0. The summed E-state index contributed by atoms with van der Waals surface area (Å²) in [5, 5.41) is 19.0. The van der Waals surface area contributed by atoms with E-state index in [1.807, 2.05) is 20.8 Å². The van der Waals surface area contributed by atoms with Crippen molar-refractivity contribution in [2.45, 2.75) is 52.5 Å². The highest BCUT2D eigenvalue weighted by atomic mass is 16.6. The van der Waals surface area contributed by atoms with Crippen LogP contribution in [-0.2, 0) is 7.05 Å². The van der Waals surface area contributed by atoms with E-state index in [2.05, 4.69) is 24.3 Å². The molecule has 7 heteroatoms. The molecule has 1 atom stereocenters. The third kappa shape index (κ3) is 3.93. The van der Waals surface area contributed by atoms with Crippen molar-refractivity contribution in [2.24, 2.45) is 18.7 Å². The third-order valence-corrected chi connectivity index (χ3v) is 3.51. The highest BCUT2D eigenvalue weighted by Gasteiger charge is 2.33. The number of aromatic nitrogens is 2. The van der Waals surface area contributed by atoms with Crippen LogP contribution in [0.4, 0.5) is 11.5 Å². The van der Waals surface area contributed by atoms with Crippen LogP contribution in [0.5, 0.6) is 0 Å². The van der Waals surface area contributed by atoms with Gasteiger partial charge in [0.05, 0.1) is 4.92 Å². The number of nitro groups is 1. The minimum atomic E-state index is -0.402. The van der Waals surface area contributed by atoms with E-state index in [9.17, 15) is 10.1 Å². The van der Waals surface area contributed by atoms with Crippen molar-refractivity contribution < 1.29 is 4.92 Å². The van der Waals surface area contributed by atoms with Crippen molar-refractivity contribution in [3.63, 3.8) is 0 Å². The Bertz CT molecular complexity index is 510. The van der Waals surface area contributed by atoms with E-state index >= 15 is 0 Å². The zero-order valence-corrected chi connectivity index (χ0v) is 13.8. The van der Waals surface area contributed by atoms with E-state index in [0.717, 1.165) is 6.42 Å². The first kappa shape index (κ1) is 17.4. The van der Waals surface area contributed by atoms with Crippen LogP contribution in [-0.4, -0.2) is 26.8 Å². The normalized spacial score (nSPS) is 14.5. The molecule has 3 N–H and O–H groups in total. The van der Waals surface area contributed by atoms with E-state index in [1.165, 1.54) is 0 Å². The fraction of sp³-hybridized carbons (Fsp3) is 0.786. The van der Waals surface area contributed by atoms with E-state index in [4.69, 9.17) is 5.73 Å². The van der Waals surface area contributed by atoms with Crippen LogP contribution in [0, 0.1) is 16.0 Å². The van der Waals surface area contributed by atoms with Gasteiger partial charge in [-0.05, 0) is 19.3 Å². The lowest BCUT2D eigenvalue weighted by Gasteiger charge is -2.31. The molecule has 0 spiro atoms. The second-order valence-corrected chi connectivity index (χ2v) is 6.61. The molecule has 1 heterocycles. The lowest BCUT2D eigenvalue weighted by molar-refractivity contribution is -0.384. The summed E-state index contributed by atoms with van der Waals surface area (Å²) in [6.07, 6.45) is 0.822. The first-order valence-corrected chi connectivity index (χ1v) is 7.30. The van der Waals surface area contributed by atoms with E-state index in [0.29, 0.717) is 24.0 Å². The van der Waals surface area contributed by atoms with Crippen molar-refractivity contribution in [1.29, 1.82) is 0 Å². The molecule has 0 saturated carbocycles. The highest BCUT2D eigenvalue weighted by molar-refractivity contribution is 5.61. The number of anilines is 1. The number of nitrogens with one attached hydrogen (secondary N) is 1. The van der Waals surface area contributed by atoms with Gasteiger partial charge in [0.2, 0.25) is 5.82 Å². The summed E-state index contributed by atoms with van der Waals surface area (Å²) < 4.78 is 1.54. The molecule has 1 rings (SSSR count). The molecule has 0 fully saturated rings. The summed E-state index contributed by atoms with van der Waals surface area (Å²) in [4.78, 5) is 11.1. The quantitative estimate of drug-likeness (QED) is 0.595. The number of nitrogens with two attached hydrogens (primary N) is 1. The monoisotopic (exact) mass is 297 g/mol. The van der Waals surface area contributed by atoms with Crippen LogP contribution < -0.4 is 11.1 Å². The minimum Gasteiger partial charge on any atom is -0.358 e. The molecule has 1 aromatic rings. The molecule has 0 aliphatic heterocycles. The number of hydrogen-bond donors (Lipinski definition) is 2. The molecule has 0 aromatic carbocycles. The molecular weight excluding hydrogens is 270 g/mol. The minimum absolute atomic E-state index is 0.0126. The van der Waals surface area contributed by atoms with Crippen molar-refractivity contribution in [2.75, 3.05) is 11.9 Å². The zero-order valence-electron chi connectivity index (χ0n) is 13.8. The lowest BCUT2D eigenvalue weighted by Crippen LogP contribution is -2.44. The summed E-state index contributed by atoms with van der Waals surface area (Å²) in [7, 11) is 1.72. The average Bonchev–Trinajstić information content (AvgIpc) is 2.66. The second-order valence-electron chi connectivity index (χ2n) is 6.61. The Hall–Kier alpha value is -1.63. The smallest absolute Gasteiger partial charge is 0.334 e. The molecule has 0 saturated heterocycles. The van der Waals surface area contributed by atoms with Crippen molar-refractivity contribution in [3.8, 4) is 0 Å². The SMILES string of the molecule is CC(C)CC(C)(CN)Nc1c([N+](=O)[O-])c(C(C)C)nn1C. The van der Waals surface area contributed by atoms with Crippen LogP contribution in [0.2, 0.25) is 0 Å². The Balaban J connectivity index is 3.26.